The van der Waals surface area contributed by atoms with Crippen LogP contribution in [0.1, 0.15) is 11.4 Å². The van der Waals surface area contributed by atoms with Crippen molar-refractivity contribution in [3.8, 4) is 22.9 Å². The van der Waals surface area contributed by atoms with Gasteiger partial charge in [0.1, 0.15) is 0 Å². The van der Waals surface area contributed by atoms with E-state index >= 15 is 0 Å². The number of non-ortho nitro benzene ring substituents is 1. The predicted molar refractivity (Wildman–Crippen MR) is 156 cm³/mol. The third-order valence-corrected chi connectivity index (χ3v) is 6.25. The van der Waals surface area contributed by atoms with Crippen molar-refractivity contribution in [2.75, 3.05) is 19.8 Å². The summed E-state index contributed by atoms with van der Waals surface area (Å²) in [4.78, 5) is 29.9. The number of nitro benzene ring substituents is 1. The lowest BCUT2D eigenvalue weighted by molar-refractivity contribution is -0.384. The number of nitrogen functional groups attached to an aromatic ring is 1. The number of fused-ring (bicyclic) bond motifs is 2. The highest BCUT2D eigenvalue weighted by Crippen LogP contribution is 2.27. The zero-order valence-electron chi connectivity index (χ0n) is 21.6. The molecule has 0 aliphatic heterocycles. The molecule has 4 heterocycles. The van der Waals surface area contributed by atoms with Gasteiger partial charge in [-0.15, -0.1) is 0 Å². The maximum Gasteiger partial charge on any atom is 0.270 e. The van der Waals surface area contributed by atoms with Crippen LogP contribution in [0.2, 0.25) is 0 Å². The molecule has 0 aliphatic carbocycles. The van der Waals surface area contributed by atoms with E-state index in [-0.39, 0.29) is 5.69 Å². The Kier molecular flexibility index (Phi) is 7.80. The van der Waals surface area contributed by atoms with Crippen molar-refractivity contribution in [3.63, 3.8) is 0 Å². The molecule has 202 valence electrons. The molecule has 0 aliphatic rings. The summed E-state index contributed by atoms with van der Waals surface area (Å²) in [5.74, 6) is 0.865. The summed E-state index contributed by atoms with van der Waals surface area (Å²) in [6.07, 6.45) is 0. The SMILES string of the molecule is CN(C)Cc1ccc2oc(-c3cccc(N)c3)nc2n1.O=[N+]([O-])c1cccc(-c2nc3nc(CBr)ccc3o2)c1. The number of hydrogen-bond acceptors (Lipinski definition) is 10. The zero-order chi connectivity index (χ0) is 28.2. The molecular formula is C28H24BrN7O4. The summed E-state index contributed by atoms with van der Waals surface area (Å²) >= 11 is 3.32. The second kappa shape index (κ2) is 11.6. The van der Waals surface area contributed by atoms with Crippen LogP contribution in [0.15, 0.2) is 81.6 Å². The van der Waals surface area contributed by atoms with Crippen LogP contribution in [0, 0.1) is 10.1 Å². The minimum Gasteiger partial charge on any atom is -0.434 e. The smallest absolute Gasteiger partial charge is 0.270 e. The van der Waals surface area contributed by atoms with E-state index in [1.54, 1.807) is 18.2 Å². The number of benzene rings is 2. The van der Waals surface area contributed by atoms with Crippen molar-refractivity contribution in [2.45, 2.75) is 11.9 Å². The van der Waals surface area contributed by atoms with Crippen LogP contribution < -0.4 is 5.73 Å². The van der Waals surface area contributed by atoms with Crippen LogP contribution in [0.5, 0.6) is 0 Å². The minimum atomic E-state index is -0.451. The largest absolute Gasteiger partial charge is 0.434 e. The topological polar surface area (TPSA) is 150 Å². The van der Waals surface area contributed by atoms with Crippen LogP contribution >= 0.6 is 15.9 Å². The van der Waals surface area contributed by atoms with Gasteiger partial charge >= 0.3 is 0 Å². The summed E-state index contributed by atoms with van der Waals surface area (Å²) in [5, 5.41) is 11.4. The Morgan fingerprint density at radius 2 is 1.40 bits per heavy atom. The first-order valence-electron chi connectivity index (χ1n) is 12.1. The Hall–Kier alpha value is -4.68. The van der Waals surface area contributed by atoms with Gasteiger partial charge in [0.05, 0.1) is 16.3 Å². The molecule has 4 aromatic heterocycles. The number of nitrogens with two attached hydrogens (primary N) is 1. The predicted octanol–water partition coefficient (Wildman–Crippen LogP) is 6.23. The summed E-state index contributed by atoms with van der Waals surface area (Å²) < 4.78 is 11.3. The normalized spacial score (nSPS) is 11.1. The summed E-state index contributed by atoms with van der Waals surface area (Å²) in [6.45, 7) is 0.774. The van der Waals surface area contributed by atoms with Gasteiger partial charge in [-0.05, 0) is 62.6 Å². The van der Waals surface area contributed by atoms with Crippen molar-refractivity contribution < 1.29 is 13.8 Å². The van der Waals surface area contributed by atoms with E-state index in [0.29, 0.717) is 50.8 Å². The fourth-order valence-corrected chi connectivity index (χ4v) is 4.19. The fraction of sp³-hybridized carbons (Fsp3) is 0.143. The Morgan fingerprint density at radius 3 is 1.98 bits per heavy atom. The van der Waals surface area contributed by atoms with Crippen LogP contribution in [0.3, 0.4) is 0 Å². The van der Waals surface area contributed by atoms with Gasteiger partial charge < -0.3 is 19.5 Å². The first kappa shape index (κ1) is 26.9. The zero-order valence-corrected chi connectivity index (χ0v) is 23.2. The summed E-state index contributed by atoms with van der Waals surface area (Å²) in [5.41, 5.74) is 12.0. The molecule has 0 spiro atoms. The molecule has 11 nitrogen and oxygen atoms in total. The lowest BCUT2D eigenvalue weighted by Gasteiger charge is -2.07. The van der Waals surface area contributed by atoms with E-state index in [1.165, 1.54) is 12.1 Å². The minimum absolute atomic E-state index is 0.00105. The second-order valence-corrected chi connectivity index (χ2v) is 9.65. The number of nitrogens with zero attached hydrogens (tertiary/aromatic N) is 6. The Bertz CT molecular complexity index is 1820. The Balaban J connectivity index is 0.000000161. The van der Waals surface area contributed by atoms with Gasteiger partial charge in [0.2, 0.25) is 11.8 Å². The molecule has 2 N–H and O–H groups in total. The highest BCUT2D eigenvalue weighted by atomic mass is 79.9. The third-order valence-electron chi connectivity index (χ3n) is 5.67. The number of anilines is 1. The van der Waals surface area contributed by atoms with Gasteiger partial charge in [0.25, 0.3) is 5.69 Å². The number of hydrogen-bond donors (Lipinski definition) is 1. The van der Waals surface area contributed by atoms with Gasteiger partial charge in [0, 0.05) is 40.8 Å². The molecule has 0 amide bonds. The molecule has 0 saturated heterocycles. The van der Waals surface area contributed by atoms with Crippen molar-refractivity contribution in [1.29, 1.82) is 0 Å². The van der Waals surface area contributed by atoms with Crippen LogP contribution in [0.4, 0.5) is 11.4 Å². The van der Waals surface area contributed by atoms with E-state index in [4.69, 9.17) is 14.6 Å². The van der Waals surface area contributed by atoms with E-state index in [1.807, 2.05) is 56.6 Å². The molecule has 6 rings (SSSR count). The number of aromatic nitrogens is 4. The highest BCUT2D eigenvalue weighted by molar-refractivity contribution is 9.08. The van der Waals surface area contributed by atoms with Gasteiger partial charge in [0.15, 0.2) is 22.5 Å². The summed E-state index contributed by atoms with van der Waals surface area (Å²) in [6, 6.07) is 21.1. The lowest BCUT2D eigenvalue weighted by Crippen LogP contribution is -2.11. The molecule has 0 saturated carbocycles. The molecule has 12 heteroatoms. The van der Waals surface area contributed by atoms with Crippen molar-refractivity contribution >= 4 is 49.8 Å². The number of halogens is 1. The first-order chi connectivity index (χ1) is 19.3. The van der Waals surface area contributed by atoms with Gasteiger partial charge in [-0.3, -0.25) is 10.1 Å². The molecule has 0 bridgehead atoms. The van der Waals surface area contributed by atoms with Gasteiger partial charge in [-0.2, -0.15) is 9.97 Å². The first-order valence-corrected chi connectivity index (χ1v) is 13.3. The molecule has 6 aromatic rings. The molecule has 0 unspecified atom stereocenters. The standard InChI is InChI=1S/C15H16N4O.C13H8BrN3O3/c1-19(2)9-12-6-7-13-14(17-12)18-15(20-13)10-4-3-5-11(16)8-10;14-7-9-4-5-11-12(15-9)16-13(20-11)8-2-1-3-10(6-8)17(18)19/h3-8H,9,16H2,1-2H3;1-6H,7H2. The lowest BCUT2D eigenvalue weighted by atomic mass is 10.2. The van der Waals surface area contributed by atoms with Crippen molar-refractivity contribution in [3.05, 3.63) is 94.3 Å². The average Bonchev–Trinajstić information content (AvgIpc) is 3.57. The molecule has 40 heavy (non-hydrogen) atoms. The maximum atomic E-state index is 10.8. The number of oxazole rings is 2. The van der Waals surface area contributed by atoms with Crippen molar-refractivity contribution in [1.82, 2.24) is 24.8 Å². The maximum absolute atomic E-state index is 10.8. The second-order valence-electron chi connectivity index (χ2n) is 9.09. The van der Waals surface area contributed by atoms with Crippen LogP contribution in [-0.4, -0.2) is 43.9 Å². The summed E-state index contributed by atoms with van der Waals surface area (Å²) in [7, 11) is 4.01. The third kappa shape index (κ3) is 6.14. The van der Waals surface area contributed by atoms with E-state index in [0.717, 1.165) is 23.5 Å². The van der Waals surface area contributed by atoms with Gasteiger partial charge in [-0.25, -0.2) is 9.97 Å². The quantitative estimate of drug-likeness (QED) is 0.101. The molecule has 0 atom stereocenters. The Morgan fingerprint density at radius 1 is 0.825 bits per heavy atom. The number of pyridine rings is 2. The van der Waals surface area contributed by atoms with E-state index < -0.39 is 4.92 Å². The molecular weight excluding hydrogens is 578 g/mol. The van der Waals surface area contributed by atoms with Crippen LogP contribution in [0.25, 0.3) is 45.4 Å². The average molecular weight is 602 g/mol. The van der Waals surface area contributed by atoms with Crippen LogP contribution in [-0.2, 0) is 11.9 Å². The molecule has 2 aromatic carbocycles. The van der Waals surface area contributed by atoms with Crippen molar-refractivity contribution in [2.24, 2.45) is 0 Å². The fourth-order valence-electron chi connectivity index (χ4n) is 3.87. The number of alkyl halides is 1. The Labute approximate surface area is 237 Å². The number of nitro groups is 1. The van der Waals surface area contributed by atoms with E-state index in [2.05, 4.69) is 40.8 Å². The number of rotatable bonds is 6. The molecule has 0 radical (unpaired) electrons. The monoisotopic (exact) mass is 601 g/mol. The molecule has 0 fully saturated rings. The van der Waals surface area contributed by atoms with E-state index in [9.17, 15) is 10.1 Å². The van der Waals surface area contributed by atoms with Gasteiger partial charge in [-0.1, -0.05) is 28.1 Å². The highest BCUT2D eigenvalue weighted by Gasteiger charge is 2.14.